The molecule has 0 unspecified atom stereocenters. The number of piperazine rings is 1. The van der Waals surface area contributed by atoms with E-state index >= 15 is 0 Å². The van der Waals surface area contributed by atoms with Gasteiger partial charge in [-0.05, 0) is 30.5 Å². The van der Waals surface area contributed by atoms with Gasteiger partial charge >= 0.3 is 0 Å². The highest BCUT2D eigenvalue weighted by Crippen LogP contribution is 2.23. The molecule has 1 N–H and O–H groups in total. The number of hydrogen-bond donors (Lipinski definition) is 1. The van der Waals surface area contributed by atoms with Crippen molar-refractivity contribution in [3.63, 3.8) is 0 Å². The third kappa shape index (κ3) is 2.59. The molecule has 1 aromatic rings. The summed E-state index contributed by atoms with van der Waals surface area (Å²) in [6, 6.07) is 3.72. The number of nitrogens with zero attached hydrogens (tertiary/aromatic N) is 2. The Morgan fingerprint density at radius 1 is 1.26 bits per heavy atom. The number of carbonyl (C=O) groups is 2. The molecule has 0 aliphatic carbocycles. The molecule has 0 bridgehead atoms. The van der Waals surface area contributed by atoms with Crippen LogP contribution in [0, 0.1) is 0 Å². The maximum Gasteiger partial charge on any atom is 0.249 e. The Morgan fingerprint density at radius 2 is 1.89 bits per heavy atom. The lowest BCUT2D eigenvalue weighted by molar-refractivity contribution is -0.151. The van der Waals surface area contributed by atoms with Crippen LogP contribution in [0.4, 0.5) is 0 Å². The van der Waals surface area contributed by atoms with Gasteiger partial charge in [-0.1, -0.05) is 13.8 Å². The summed E-state index contributed by atoms with van der Waals surface area (Å²) in [5.41, 5.74) is 0.252. The van der Waals surface area contributed by atoms with E-state index in [-0.39, 0.29) is 18.4 Å². The molecule has 0 aromatic carbocycles. The highest BCUT2D eigenvalue weighted by Gasteiger charge is 2.43. The van der Waals surface area contributed by atoms with Crippen LogP contribution in [0.5, 0.6) is 0 Å². The summed E-state index contributed by atoms with van der Waals surface area (Å²) in [7, 11) is 0. The summed E-state index contributed by atoms with van der Waals surface area (Å²) < 4.78 is 0. The maximum atomic E-state index is 12.6. The van der Waals surface area contributed by atoms with Gasteiger partial charge < -0.3 is 10.2 Å². The van der Waals surface area contributed by atoms with Crippen molar-refractivity contribution in [1.82, 2.24) is 15.2 Å². The van der Waals surface area contributed by atoms with Crippen molar-refractivity contribution in [2.75, 3.05) is 6.54 Å². The van der Waals surface area contributed by atoms with Gasteiger partial charge in [-0.15, -0.1) is 0 Å². The molecule has 1 aromatic heterocycles. The van der Waals surface area contributed by atoms with E-state index in [1.54, 1.807) is 17.3 Å². The van der Waals surface area contributed by atoms with Crippen LogP contribution < -0.4 is 5.32 Å². The molecule has 1 saturated heterocycles. The molecule has 102 valence electrons. The highest BCUT2D eigenvalue weighted by molar-refractivity contribution is 5.97. The van der Waals surface area contributed by atoms with Gasteiger partial charge in [0.25, 0.3) is 0 Å². The third-order valence-corrected chi connectivity index (χ3v) is 3.74. The van der Waals surface area contributed by atoms with E-state index in [1.807, 2.05) is 26.0 Å². The van der Waals surface area contributed by atoms with Crippen molar-refractivity contribution in [2.45, 2.75) is 38.8 Å². The minimum absolute atomic E-state index is 0.00825. The lowest BCUT2D eigenvalue weighted by atomic mass is 9.89. The number of amides is 2. The number of aromatic nitrogens is 1. The standard InChI is InChI=1S/C14H19N3O2/c1-3-14(4-2)13(19)17(10-12(18)16-14)9-11-5-7-15-8-6-11/h5-8H,3-4,9-10H2,1-2H3,(H,16,18). The highest BCUT2D eigenvalue weighted by atomic mass is 16.2. The summed E-state index contributed by atoms with van der Waals surface area (Å²) >= 11 is 0. The third-order valence-electron chi connectivity index (χ3n) is 3.74. The molecule has 2 amide bonds. The summed E-state index contributed by atoms with van der Waals surface area (Å²) in [6.07, 6.45) is 4.61. The topological polar surface area (TPSA) is 62.3 Å². The largest absolute Gasteiger partial charge is 0.340 e. The smallest absolute Gasteiger partial charge is 0.249 e. The summed E-state index contributed by atoms with van der Waals surface area (Å²) in [4.78, 5) is 30.0. The van der Waals surface area contributed by atoms with Gasteiger partial charge in [-0.25, -0.2) is 0 Å². The van der Waals surface area contributed by atoms with Crippen LogP contribution in [0.1, 0.15) is 32.3 Å². The van der Waals surface area contributed by atoms with Gasteiger partial charge in [-0.3, -0.25) is 14.6 Å². The number of nitrogens with one attached hydrogen (secondary N) is 1. The van der Waals surface area contributed by atoms with Gasteiger partial charge in [0.2, 0.25) is 11.8 Å². The van der Waals surface area contributed by atoms with Gasteiger partial charge in [-0.2, -0.15) is 0 Å². The van der Waals surface area contributed by atoms with Crippen LogP contribution in [-0.4, -0.2) is 33.8 Å². The van der Waals surface area contributed by atoms with Crippen LogP contribution in [0.15, 0.2) is 24.5 Å². The molecule has 19 heavy (non-hydrogen) atoms. The minimum atomic E-state index is -0.734. The van der Waals surface area contributed by atoms with Crippen molar-refractivity contribution in [1.29, 1.82) is 0 Å². The van der Waals surface area contributed by atoms with Gasteiger partial charge in [0, 0.05) is 18.9 Å². The van der Waals surface area contributed by atoms with Crippen molar-refractivity contribution < 1.29 is 9.59 Å². The van der Waals surface area contributed by atoms with Crippen LogP contribution >= 0.6 is 0 Å². The second kappa shape index (κ2) is 5.38. The molecule has 0 radical (unpaired) electrons. The average Bonchev–Trinajstić information content (AvgIpc) is 2.44. The second-order valence-electron chi connectivity index (χ2n) is 4.85. The van der Waals surface area contributed by atoms with E-state index in [0.29, 0.717) is 19.4 Å². The molecule has 2 rings (SSSR count). The zero-order valence-corrected chi connectivity index (χ0v) is 11.3. The first-order chi connectivity index (χ1) is 9.11. The average molecular weight is 261 g/mol. The van der Waals surface area contributed by atoms with Crippen LogP contribution in [0.3, 0.4) is 0 Å². The number of rotatable bonds is 4. The number of hydrogen-bond acceptors (Lipinski definition) is 3. The quantitative estimate of drug-likeness (QED) is 0.882. The Bertz CT molecular complexity index is 469. The second-order valence-corrected chi connectivity index (χ2v) is 4.85. The van der Waals surface area contributed by atoms with Crippen LogP contribution in [-0.2, 0) is 16.1 Å². The first kappa shape index (κ1) is 13.5. The van der Waals surface area contributed by atoms with Gasteiger partial charge in [0.1, 0.15) is 5.54 Å². The fourth-order valence-corrected chi connectivity index (χ4v) is 2.47. The van der Waals surface area contributed by atoms with E-state index in [4.69, 9.17) is 0 Å². The molecule has 0 saturated carbocycles. The molecular weight excluding hydrogens is 242 g/mol. The van der Waals surface area contributed by atoms with E-state index in [9.17, 15) is 9.59 Å². The Morgan fingerprint density at radius 3 is 2.47 bits per heavy atom. The molecule has 0 atom stereocenters. The molecular formula is C14H19N3O2. The van der Waals surface area contributed by atoms with E-state index in [0.717, 1.165) is 5.56 Å². The summed E-state index contributed by atoms with van der Waals surface area (Å²) in [5, 5.41) is 2.85. The minimum Gasteiger partial charge on any atom is -0.340 e. The van der Waals surface area contributed by atoms with E-state index < -0.39 is 5.54 Å². The summed E-state index contributed by atoms with van der Waals surface area (Å²) in [6.45, 7) is 4.44. The SMILES string of the molecule is CCC1(CC)NC(=O)CN(Cc2ccncc2)C1=O. The normalized spacial score (nSPS) is 18.3. The Labute approximate surface area is 113 Å². The molecule has 1 fully saturated rings. The Balaban J connectivity index is 2.21. The van der Waals surface area contributed by atoms with Crippen molar-refractivity contribution >= 4 is 11.8 Å². The lowest BCUT2D eigenvalue weighted by Crippen LogP contribution is -2.65. The first-order valence-corrected chi connectivity index (χ1v) is 6.60. The van der Waals surface area contributed by atoms with Crippen molar-refractivity contribution in [3.8, 4) is 0 Å². The zero-order chi connectivity index (χ0) is 13.9. The van der Waals surface area contributed by atoms with Gasteiger partial charge in [0.15, 0.2) is 0 Å². The Kier molecular flexibility index (Phi) is 3.83. The van der Waals surface area contributed by atoms with Crippen molar-refractivity contribution in [2.24, 2.45) is 0 Å². The molecule has 1 aliphatic heterocycles. The molecule has 5 heteroatoms. The van der Waals surface area contributed by atoms with E-state index in [1.165, 1.54) is 0 Å². The summed E-state index contributed by atoms with van der Waals surface area (Å²) in [5.74, 6) is -0.0775. The monoisotopic (exact) mass is 261 g/mol. The number of pyridine rings is 1. The van der Waals surface area contributed by atoms with Crippen LogP contribution in [0.2, 0.25) is 0 Å². The predicted molar refractivity (Wildman–Crippen MR) is 71.1 cm³/mol. The maximum absolute atomic E-state index is 12.6. The molecule has 0 spiro atoms. The molecule has 1 aliphatic rings. The van der Waals surface area contributed by atoms with E-state index in [2.05, 4.69) is 10.3 Å². The fraction of sp³-hybridized carbons (Fsp3) is 0.500. The Hall–Kier alpha value is -1.91. The molecule has 2 heterocycles. The zero-order valence-electron chi connectivity index (χ0n) is 11.3. The predicted octanol–water partition coefficient (Wildman–Crippen LogP) is 1.10. The van der Waals surface area contributed by atoms with Gasteiger partial charge in [0.05, 0.1) is 6.54 Å². The lowest BCUT2D eigenvalue weighted by Gasteiger charge is -2.41. The molecule has 5 nitrogen and oxygen atoms in total. The van der Waals surface area contributed by atoms with Crippen molar-refractivity contribution in [3.05, 3.63) is 30.1 Å². The first-order valence-electron chi connectivity index (χ1n) is 6.60. The fourth-order valence-electron chi connectivity index (χ4n) is 2.47. The number of carbonyl (C=O) groups excluding carboxylic acids is 2. The van der Waals surface area contributed by atoms with Crippen LogP contribution in [0.25, 0.3) is 0 Å².